The predicted molar refractivity (Wildman–Crippen MR) is 91.9 cm³/mol. The number of thiophene rings is 1. The van der Waals surface area contributed by atoms with E-state index in [2.05, 4.69) is 21.7 Å². The molecule has 1 amide bonds. The van der Waals surface area contributed by atoms with Crippen molar-refractivity contribution in [3.05, 3.63) is 29.6 Å². The maximum atomic E-state index is 12.3. The molecular weight excluding hydrogens is 308 g/mol. The maximum absolute atomic E-state index is 12.3. The molecule has 3 aliphatic heterocycles. The van der Waals surface area contributed by atoms with Crippen LogP contribution in [0.1, 0.15) is 12.8 Å². The fourth-order valence-electron chi connectivity index (χ4n) is 4.87. The van der Waals surface area contributed by atoms with Gasteiger partial charge in [-0.15, -0.1) is 11.3 Å². The summed E-state index contributed by atoms with van der Waals surface area (Å²) in [6.07, 6.45) is 2.26. The summed E-state index contributed by atoms with van der Waals surface area (Å²) in [6, 6.07) is 8.08. The Bertz CT molecular complexity index is 728. The third kappa shape index (κ3) is 2.42. The molecule has 23 heavy (non-hydrogen) atoms. The third-order valence-corrected chi connectivity index (χ3v) is 6.54. The maximum Gasteiger partial charge on any atom is 0.411 e. The van der Waals surface area contributed by atoms with Gasteiger partial charge in [0, 0.05) is 41.9 Å². The molecular formula is C18H20N2O2S. The van der Waals surface area contributed by atoms with E-state index in [1.54, 1.807) is 11.3 Å². The van der Waals surface area contributed by atoms with Crippen LogP contribution in [0.2, 0.25) is 0 Å². The van der Waals surface area contributed by atoms with Gasteiger partial charge in [-0.3, -0.25) is 5.32 Å². The molecule has 6 rings (SSSR count). The topological polar surface area (TPSA) is 41.6 Å². The second-order valence-electron chi connectivity index (χ2n) is 7.24. The van der Waals surface area contributed by atoms with Gasteiger partial charge in [0.25, 0.3) is 0 Å². The van der Waals surface area contributed by atoms with Gasteiger partial charge in [-0.25, -0.2) is 4.79 Å². The molecule has 5 heteroatoms. The number of hydrogen-bond acceptors (Lipinski definition) is 4. The molecule has 4 nitrogen and oxygen atoms in total. The van der Waals surface area contributed by atoms with Gasteiger partial charge in [-0.2, -0.15) is 0 Å². The Kier molecular flexibility index (Phi) is 3.13. The SMILES string of the molecule is O=C(Nc1ccc2sccc2c1)OC1C2CC3CC1CN(C3)C2. The smallest absolute Gasteiger partial charge is 0.411 e. The largest absolute Gasteiger partial charge is 0.445 e. The number of fused-ring (bicyclic) bond motifs is 1. The van der Waals surface area contributed by atoms with Crippen LogP contribution in [-0.2, 0) is 4.74 Å². The van der Waals surface area contributed by atoms with E-state index in [0.717, 1.165) is 30.1 Å². The van der Waals surface area contributed by atoms with Crippen LogP contribution in [0.15, 0.2) is 29.6 Å². The number of rotatable bonds is 2. The van der Waals surface area contributed by atoms with E-state index in [1.165, 1.54) is 24.1 Å². The van der Waals surface area contributed by atoms with Gasteiger partial charge in [0.15, 0.2) is 0 Å². The van der Waals surface area contributed by atoms with Crippen LogP contribution in [0.3, 0.4) is 0 Å². The Morgan fingerprint density at radius 3 is 2.78 bits per heavy atom. The Labute approximate surface area is 139 Å². The number of anilines is 1. The van der Waals surface area contributed by atoms with E-state index < -0.39 is 0 Å². The van der Waals surface area contributed by atoms with Crippen LogP contribution >= 0.6 is 11.3 Å². The highest BCUT2D eigenvalue weighted by atomic mass is 32.1. The number of amides is 1. The second kappa shape index (κ2) is 5.21. The fraction of sp³-hybridized carbons (Fsp3) is 0.500. The molecule has 3 saturated heterocycles. The van der Waals surface area contributed by atoms with Crippen molar-refractivity contribution in [1.82, 2.24) is 4.90 Å². The van der Waals surface area contributed by atoms with Crippen molar-refractivity contribution in [2.24, 2.45) is 17.8 Å². The molecule has 2 atom stereocenters. The third-order valence-electron chi connectivity index (χ3n) is 5.65. The summed E-state index contributed by atoms with van der Waals surface area (Å²) in [5.41, 5.74) is 0.813. The highest BCUT2D eigenvalue weighted by molar-refractivity contribution is 7.17. The fourth-order valence-corrected chi connectivity index (χ4v) is 5.64. The molecule has 1 aliphatic carbocycles. The van der Waals surface area contributed by atoms with Crippen molar-refractivity contribution in [2.75, 3.05) is 25.0 Å². The molecule has 120 valence electrons. The number of piperidine rings is 3. The Morgan fingerprint density at radius 1 is 1.17 bits per heavy atom. The van der Waals surface area contributed by atoms with Crippen molar-refractivity contribution in [3.8, 4) is 0 Å². The summed E-state index contributed by atoms with van der Waals surface area (Å²) < 4.78 is 7.09. The molecule has 4 aliphatic rings. The second-order valence-corrected chi connectivity index (χ2v) is 8.19. The van der Waals surface area contributed by atoms with E-state index in [9.17, 15) is 4.79 Å². The van der Waals surface area contributed by atoms with E-state index >= 15 is 0 Å². The van der Waals surface area contributed by atoms with Crippen molar-refractivity contribution in [2.45, 2.75) is 18.9 Å². The number of hydrogen-bond donors (Lipinski definition) is 1. The summed E-state index contributed by atoms with van der Waals surface area (Å²) >= 11 is 1.71. The van der Waals surface area contributed by atoms with Crippen molar-refractivity contribution >= 4 is 33.2 Å². The molecule has 1 N–H and O–H groups in total. The Morgan fingerprint density at radius 2 is 2.00 bits per heavy atom. The predicted octanol–water partition coefficient (Wildman–Crippen LogP) is 3.79. The monoisotopic (exact) mass is 328 g/mol. The van der Waals surface area contributed by atoms with Gasteiger partial charge in [0.2, 0.25) is 0 Å². The van der Waals surface area contributed by atoms with Crippen LogP contribution in [0.25, 0.3) is 10.1 Å². The molecule has 0 spiro atoms. The van der Waals surface area contributed by atoms with Gasteiger partial charge in [0.05, 0.1) is 0 Å². The van der Waals surface area contributed by atoms with Crippen LogP contribution in [0.4, 0.5) is 10.5 Å². The highest BCUT2D eigenvalue weighted by Gasteiger charge is 2.49. The summed E-state index contributed by atoms with van der Waals surface area (Å²) in [6.45, 7) is 3.46. The molecule has 1 aromatic heterocycles. The lowest BCUT2D eigenvalue weighted by Crippen LogP contribution is -2.61. The minimum atomic E-state index is -0.299. The van der Waals surface area contributed by atoms with Gasteiger partial charge in [0.1, 0.15) is 6.10 Å². The van der Waals surface area contributed by atoms with Crippen LogP contribution in [0.5, 0.6) is 0 Å². The quantitative estimate of drug-likeness (QED) is 0.912. The average molecular weight is 328 g/mol. The minimum Gasteiger partial charge on any atom is -0.445 e. The molecule has 4 heterocycles. The van der Waals surface area contributed by atoms with Crippen LogP contribution < -0.4 is 5.32 Å². The van der Waals surface area contributed by atoms with Crippen LogP contribution in [-0.4, -0.2) is 36.7 Å². The molecule has 0 radical (unpaired) electrons. The molecule has 2 unspecified atom stereocenters. The van der Waals surface area contributed by atoms with Crippen LogP contribution in [0, 0.1) is 17.8 Å². The lowest BCUT2D eigenvalue weighted by atomic mass is 9.66. The number of nitrogens with one attached hydrogen (secondary N) is 1. The molecule has 1 aromatic carbocycles. The Balaban J connectivity index is 1.28. The lowest BCUT2D eigenvalue weighted by molar-refractivity contribution is -0.110. The van der Waals surface area contributed by atoms with E-state index in [0.29, 0.717) is 11.8 Å². The number of carbonyl (C=O) groups is 1. The van der Waals surface area contributed by atoms with Gasteiger partial charge >= 0.3 is 6.09 Å². The molecule has 4 bridgehead atoms. The van der Waals surface area contributed by atoms with Gasteiger partial charge in [-0.05, 0) is 53.8 Å². The lowest BCUT2D eigenvalue weighted by Gasteiger charge is -2.54. The average Bonchev–Trinajstić information content (AvgIpc) is 2.98. The minimum absolute atomic E-state index is 0.104. The Hall–Kier alpha value is -1.59. The van der Waals surface area contributed by atoms with Gasteiger partial charge < -0.3 is 9.64 Å². The summed E-state index contributed by atoms with van der Waals surface area (Å²) in [5, 5.41) is 6.14. The summed E-state index contributed by atoms with van der Waals surface area (Å²) in [4.78, 5) is 14.9. The zero-order valence-electron chi connectivity index (χ0n) is 12.9. The highest BCUT2D eigenvalue weighted by Crippen LogP contribution is 2.44. The number of nitrogens with zero attached hydrogens (tertiary/aromatic N) is 1. The van der Waals surface area contributed by atoms with E-state index in [1.807, 2.05) is 18.2 Å². The van der Waals surface area contributed by atoms with Crippen molar-refractivity contribution in [1.29, 1.82) is 0 Å². The summed E-state index contributed by atoms with van der Waals surface area (Å²) in [7, 11) is 0. The number of carbonyl (C=O) groups excluding carboxylic acids is 1. The summed E-state index contributed by atoms with van der Waals surface area (Å²) in [5.74, 6) is 1.90. The first kappa shape index (κ1) is 13.8. The number of benzene rings is 1. The molecule has 2 aromatic rings. The molecule has 4 fully saturated rings. The van der Waals surface area contributed by atoms with E-state index in [4.69, 9.17) is 4.74 Å². The first-order valence-electron chi connectivity index (χ1n) is 8.42. The van der Waals surface area contributed by atoms with Crippen molar-refractivity contribution in [3.63, 3.8) is 0 Å². The van der Waals surface area contributed by atoms with E-state index in [-0.39, 0.29) is 12.2 Å². The zero-order valence-corrected chi connectivity index (χ0v) is 13.7. The first-order valence-corrected chi connectivity index (χ1v) is 9.30. The van der Waals surface area contributed by atoms with Crippen molar-refractivity contribution < 1.29 is 9.53 Å². The zero-order chi connectivity index (χ0) is 15.4. The first-order chi connectivity index (χ1) is 11.2. The normalized spacial score (nSPS) is 34.7. The number of ether oxygens (including phenoxy) is 1. The molecule has 1 saturated carbocycles. The van der Waals surface area contributed by atoms with Gasteiger partial charge in [-0.1, -0.05) is 0 Å². The standard InChI is InChI=1S/C18H20N2O2S/c21-18(19-15-1-2-16-12(7-15)3-4-23-16)22-17-13-5-11-6-14(17)10-20(8-11)9-13/h1-4,7,11,13-14,17H,5-6,8-10H2,(H,19,21).